The lowest BCUT2D eigenvalue weighted by Gasteiger charge is -2.28. The third-order valence-electron chi connectivity index (χ3n) is 3.95. The highest BCUT2D eigenvalue weighted by atomic mass is 79.9. The largest absolute Gasteiger partial charge is 0.328 e. The molecule has 1 aliphatic carbocycles. The number of nitrogens with zero attached hydrogens (tertiary/aromatic N) is 2. The maximum absolute atomic E-state index is 5.99. The maximum Gasteiger partial charge on any atom is 0.0953 e. The number of hydrogen-bond donors (Lipinski definition) is 1. The first-order valence-electron chi connectivity index (χ1n) is 6.78. The second-order valence-corrected chi connectivity index (χ2v) is 6.09. The molecule has 0 atom stereocenters. The molecule has 1 aromatic heterocycles. The van der Waals surface area contributed by atoms with Gasteiger partial charge in [0.1, 0.15) is 0 Å². The van der Waals surface area contributed by atoms with Crippen LogP contribution >= 0.6 is 15.9 Å². The van der Waals surface area contributed by atoms with E-state index in [0.717, 1.165) is 30.2 Å². The first-order valence-corrected chi connectivity index (χ1v) is 7.57. The summed E-state index contributed by atoms with van der Waals surface area (Å²) in [5, 5.41) is 0. The minimum atomic E-state index is 0.381. The van der Waals surface area contributed by atoms with Crippen LogP contribution < -0.4 is 5.73 Å². The van der Waals surface area contributed by atoms with Crippen molar-refractivity contribution in [1.29, 1.82) is 0 Å². The van der Waals surface area contributed by atoms with E-state index in [1.807, 2.05) is 18.6 Å². The third-order valence-corrected chi connectivity index (χ3v) is 4.64. The summed E-state index contributed by atoms with van der Waals surface area (Å²) in [5.74, 6) is 0. The Hall–Kier alpha value is -1.13. The van der Waals surface area contributed by atoms with Gasteiger partial charge in [0.25, 0.3) is 0 Å². The van der Waals surface area contributed by atoms with E-state index in [4.69, 9.17) is 5.73 Å². The quantitative estimate of drug-likeness (QED) is 0.916. The van der Waals surface area contributed by atoms with Crippen LogP contribution in [0.3, 0.4) is 0 Å². The van der Waals surface area contributed by atoms with Gasteiger partial charge in [0.2, 0.25) is 0 Å². The van der Waals surface area contributed by atoms with Crippen molar-refractivity contribution in [3.8, 4) is 11.3 Å². The zero-order valence-electron chi connectivity index (χ0n) is 10.8. The Morgan fingerprint density at radius 1 is 1.16 bits per heavy atom. The number of benzene rings is 1. The van der Waals surface area contributed by atoms with Crippen LogP contribution in [0.15, 0.2) is 41.3 Å². The van der Waals surface area contributed by atoms with Crippen LogP contribution in [0.2, 0.25) is 0 Å². The van der Waals surface area contributed by atoms with Crippen molar-refractivity contribution >= 4 is 15.9 Å². The zero-order valence-corrected chi connectivity index (χ0v) is 12.4. The maximum atomic E-state index is 5.99. The van der Waals surface area contributed by atoms with Gasteiger partial charge in [0.15, 0.2) is 0 Å². The van der Waals surface area contributed by atoms with Gasteiger partial charge in [-0.25, -0.2) is 4.98 Å². The van der Waals surface area contributed by atoms with Gasteiger partial charge in [-0.2, -0.15) is 0 Å². The lowest BCUT2D eigenvalue weighted by molar-refractivity contribution is 0.325. The van der Waals surface area contributed by atoms with Crippen molar-refractivity contribution < 1.29 is 0 Å². The van der Waals surface area contributed by atoms with Crippen molar-refractivity contribution in [2.24, 2.45) is 5.73 Å². The monoisotopic (exact) mass is 319 g/mol. The summed E-state index contributed by atoms with van der Waals surface area (Å²) in [7, 11) is 0. The van der Waals surface area contributed by atoms with Gasteiger partial charge >= 0.3 is 0 Å². The average Bonchev–Trinajstić information content (AvgIpc) is 2.89. The zero-order chi connectivity index (χ0) is 13.2. The SMILES string of the molecule is NC1CCC(n2cncc2-c2ccccc2Br)CC1. The summed E-state index contributed by atoms with van der Waals surface area (Å²) in [5.41, 5.74) is 8.38. The lowest BCUT2D eigenvalue weighted by Crippen LogP contribution is -2.27. The molecule has 3 nitrogen and oxygen atoms in total. The van der Waals surface area contributed by atoms with Crippen molar-refractivity contribution in [2.75, 3.05) is 0 Å². The van der Waals surface area contributed by atoms with E-state index in [0.29, 0.717) is 12.1 Å². The molecule has 4 heteroatoms. The highest BCUT2D eigenvalue weighted by Gasteiger charge is 2.22. The standard InChI is InChI=1S/C15H18BrN3/c16-14-4-2-1-3-13(14)15-9-18-10-19(15)12-7-5-11(17)6-8-12/h1-4,9-12H,5-8,17H2. The molecule has 0 radical (unpaired) electrons. The van der Waals surface area contributed by atoms with Crippen LogP contribution in [0, 0.1) is 0 Å². The fourth-order valence-corrected chi connectivity index (χ4v) is 3.34. The van der Waals surface area contributed by atoms with E-state index in [2.05, 4.69) is 43.7 Å². The minimum absolute atomic E-state index is 0.381. The van der Waals surface area contributed by atoms with Crippen LogP contribution in [0.25, 0.3) is 11.3 Å². The van der Waals surface area contributed by atoms with Gasteiger partial charge in [0.05, 0.1) is 18.2 Å². The van der Waals surface area contributed by atoms with Crippen LogP contribution in [-0.4, -0.2) is 15.6 Å². The molecule has 0 spiro atoms. The van der Waals surface area contributed by atoms with Gasteiger partial charge in [-0.1, -0.05) is 34.1 Å². The van der Waals surface area contributed by atoms with E-state index < -0.39 is 0 Å². The van der Waals surface area contributed by atoms with E-state index in [-0.39, 0.29) is 0 Å². The molecular weight excluding hydrogens is 302 g/mol. The van der Waals surface area contributed by atoms with Crippen molar-refractivity contribution in [3.63, 3.8) is 0 Å². The van der Waals surface area contributed by atoms with E-state index >= 15 is 0 Å². The van der Waals surface area contributed by atoms with Gasteiger partial charge in [-0.15, -0.1) is 0 Å². The molecule has 19 heavy (non-hydrogen) atoms. The van der Waals surface area contributed by atoms with E-state index in [9.17, 15) is 0 Å². The fourth-order valence-electron chi connectivity index (χ4n) is 2.85. The molecular formula is C15H18BrN3. The normalized spacial score (nSPS) is 23.5. The van der Waals surface area contributed by atoms with Crippen LogP contribution in [0.5, 0.6) is 0 Å². The minimum Gasteiger partial charge on any atom is -0.328 e. The first-order chi connectivity index (χ1) is 9.25. The molecule has 1 fully saturated rings. The molecule has 1 heterocycles. The fraction of sp³-hybridized carbons (Fsp3) is 0.400. The second kappa shape index (κ2) is 5.47. The molecule has 0 aliphatic heterocycles. The second-order valence-electron chi connectivity index (χ2n) is 5.23. The van der Waals surface area contributed by atoms with Crippen molar-refractivity contribution in [1.82, 2.24) is 9.55 Å². The molecule has 2 N–H and O–H groups in total. The number of halogens is 1. The van der Waals surface area contributed by atoms with Gasteiger partial charge < -0.3 is 10.3 Å². The summed E-state index contributed by atoms with van der Waals surface area (Å²) in [6, 6.07) is 9.22. The Kier molecular flexibility index (Phi) is 3.71. The highest BCUT2D eigenvalue weighted by Crippen LogP contribution is 2.34. The number of aromatic nitrogens is 2. The summed E-state index contributed by atoms with van der Waals surface area (Å²) < 4.78 is 3.43. The molecule has 0 unspecified atom stereocenters. The first kappa shape index (κ1) is 12.9. The van der Waals surface area contributed by atoms with Crippen LogP contribution in [0.1, 0.15) is 31.7 Å². The molecule has 3 rings (SSSR count). The predicted octanol–water partition coefficient (Wildman–Crippen LogP) is 3.76. The van der Waals surface area contributed by atoms with Crippen LogP contribution in [-0.2, 0) is 0 Å². The van der Waals surface area contributed by atoms with Crippen molar-refractivity contribution in [2.45, 2.75) is 37.8 Å². The summed E-state index contributed by atoms with van der Waals surface area (Å²) in [6.45, 7) is 0. The number of imidazole rings is 1. The average molecular weight is 320 g/mol. The smallest absolute Gasteiger partial charge is 0.0953 e. The lowest BCUT2D eigenvalue weighted by atomic mass is 9.91. The third kappa shape index (κ3) is 2.60. The van der Waals surface area contributed by atoms with Gasteiger partial charge in [-0.05, 0) is 31.7 Å². The van der Waals surface area contributed by atoms with Gasteiger partial charge in [-0.3, -0.25) is 0 Å². The Morgan fingerprint density at radius 3 is 2.63 bits per heavy atom. The topological polar surface area (TPSA) is 43.8 Å². The van der Waals surface area contributed by atoms with E-state index in [1.54, 1.807) is 0 Å². The Labute approximate surface area is 122 Å². The molecule has 0 amide bonds. The Morgan fingerprint density at radius 2 is 1.89 bits per heavy atom. The number of hydrogen-bond acceptors (Lipinski definition) is 2. The number of rotatable bonds is 2. The van der Waals surface area contributed by atoms with Crippen molar-refractivity contribution in [3.05, 3.63) is 41.3 Å². The summed E-state index contributed by atoms with van der Waals surface area (Å²) in [6.07, 6.45) is 8.42. The number of nitrogens with two attached hydrogens (primary N) is 1. The molecule has 1 aliphatic rings. The van der Waals surface area contributed by atoms with Crippen LogP contribution in [0.4, 0.5) is 0 Å². The van der Waals surface area contributed by atoms with Gasteiger partial charge in [0, 0.05) is 22.1 Å². The Bertz CT molecular complexity index is 556. The molecule has 1 aromatic carbocycles. The molecule has 0 bridgehead atoms. The molecule has 1 saturated carbocycles. The molecule has 0 saturated heterocycles. The predicted molar refractivity (Wildman–Crippen MR) is 80.8 cm³/mol. The summed E-state index contributed by atoms with van der Waals surface area (Å²) in [4.78, 5) is 4.34. The molecule has 100 valence electrons. The highest BCUT2D eigenvalue weighted by molar-refractivity contribution is 9.10. The Balaban J connectivity index is 1.93. The molecule has 2 aromatic rings. The summed E-state index contributed by atoms with van der Waals surface area (Å²) >= 11 is 3.62. The van der Waals surface area contributed by atoms with E-state index in [1.165, 1.54) is 11.3 Å².